The zero-order chi connectivity index (χ0) is 16.2. The van der Waals surface area contributed by atoms with Gasteiger partial charge in [-0.15, -0.1) is 0 Å². The molecule has 0 aliphatic heterocycles. The fourth-order valence-electron chi connectivity index (χ4n) is 2.24. The number of anilines is 1. The molecule has 0 fully saturated rings. The van der Waals surface area contributed by atoms with Crippen LogP contribution in [-0.4, -0.2) is 12.5 Å². The number of hydrogen-bond donors (Lipinski definition) is 1. The van der Waals surface area contributed by atoms with E-state index in [4.69, 9.17) is 16.3 Å². The van der Waals surface area contributed by atoms with Gasteiger partial charge in [0.25, 0.3) is 5.91 Å². The number of benzene rings is 3. The predicted molar refractivity (Wildman–Crippen MR) is 89.5 cm³/mol. The van der Waals surface area contributed by atoms with Gasteiger partial charge in [-0.3, -0.25) is 4.79 Å². The minimum absolute atomic E-state index is 0.0445. The Morgan fingerprint density at radius 3 is 2.70 bits per heavy atom. The molecule has 0 aromatic heterocycles. The van der Waals surface area contributed by atoms with Gasteiger partial charge >= 0.3 is 0 Å². The van der Waals surface area contributed by atoms with Gasteiger partial charge in [0, 0.05) is 17.1 Å². The second-order valence-corrected chi connectivity index (χ2v) is 5.35. The smallest absolute Gasteiger partial charge is 0.262 e. The second-order valence-electron chi connectivity index (χ2n) is 4.94. The van der Waals surface area contributed by atoms with E-state index in [0.29, 0.717) is 11.4 Å². The predicted octanol–water partition coefficient (Wildman–Crippen LogP) is 4.65. The summed E-state index contributed by atoms with van der Waals surface area (Å²) in [4.78, 5) is 12.0. The number of rotatable bonds is 4. The largest absolute Gasteiger partial charge is 0.484 e. The zero-order valence-electron chi connectivity index (χ0n) is 12.1. The molecule has 0 bridgehead atoms. The molecular weight excluding hydrogens is 317 g/mol. The fraction of sp³-hybridized carbons (Fsp3) is 0.0556. The van der Waals surface area contributed by atoms with E-state index in [-0.39, 0.29) is 17.5 Å². The molecule has 0 spiro atoms. The maximum atomic E-state index is 13.1. The first-order valence-corrected chi connectivity index (χ1v) is 7.37. The van der Waals surface area contributed by atoms with Gasteiger partial charge in [0.1, 0.15) is 11.6 Å². The highest BCUT2D eigenvalue weighted by molar-refractivity contribution is 6.30. The number of halogens is 2. The van der Waals surface area contributed by atoms with Crippen molar-refractivity contribution in [2.45, 2.75) is 0 Å². The molecule has 1 amide bonds. The average molecular weight is 330 g/mol. The van der Waals surface area contributed by atoms with Crippen LogP contribution in [0.5, 0.6) is 5.75 Å². The highest BCUT2D eigenvalue weighted by Crippen LogP contribution is 2.23. The number of amides is 1. The topological polar surface area (TPSA) is 38.3 Å². The van der Waals surface area contributed by atoms with Crippen molar-refractivity contribution < 1.29 is 13.9 Å². The van der Waals surface area contributed by atoms with Gasteiger partial charge in [-0.05, 0) is 23.6 Å². The average Bonchev–Trinajstić information content (AvgIpc) is 2.56. The minimum atomic E-state index is -0.528. The number of carbonyl (C=O) groups excluding carboxylic acids is 1. The Bertz CT molecular complexity index is 861. The van der Waals surface area contributed by atoms with Gasteiger partial charge in [-0.1, -0.05) is 48.0 Å². The van der Waals surface area contributed by atoms with E-state index in [9.17, 15) is 9.18 Å². The van der Waals surface area contributed by atoms with E-state index >= 15 is 0 Å². The van der Waals surface area contributed by atoms with Crippen molar-refractivity contribution in [1.82, 2.24) is 0 Å². The second kappa shape index (κ2) is 6.67. The van der Waals surface area contributed by atoms with Crippen LogP contribution in [0.3, 0.4) is 0 Å². The summed E-state index contributed by atoms with van der Waals surface area (Å²) in [5.41, 5.74) is 0.717. The Morgan fingerprint density at radius 2 is 1.87 bits per heavy atom. The molecular formula is C18H13ClFNO2. The van der Waals surface area contributed by atoms with Crippen LogP contribution in [0.25, 0.3) is 10.8 Å². The van der Waals surface area contributed by atoms with E-state index in [0.717, 1.165) is 10.8 Å². The summed E-state index contributed by atoms with van der Waals surface area (Å²) in [5.74, 6) is -0.495. The van der Waals surface area contributed by atoms with Crippen molar-refractivity contribution in [2.75, 3.05) is 11.9 Å². The SMILES string of the molecule is O=C(COc1ccc(F)c(Cl)c1)Nc1cccc2ccccc12. The van der Waals surface area contributed by atoms with Crippen LogP contribution in [0.2, 0.25) is 5.02 Å². The van der Waals surface area contributed by atoms with Crippen LogP contribution in [0.4, 0.5) is 10.1 Å². The van der Waals surface area contributed by atoms with Gasteiger partial charge in [0.2, 0.25) is 0 Å². The molecule has 0 saturated heterocycles. The summed E-state index contributed by atoms with van der Waals surface area (Å²) in [7, 11) is 0. The van der Waals surface area contributed by atoms with Crippen molar-refractivity contribution in [1.29, 1.82) is 0 Å². The number of ether oxygens (including phenoxy) is 1. The molecule has 0 heterocycles. The molecule has 3 nitrogen and oxygen atoms in total. The number of nitrogens with one attached hydrogen (secondary N) is 1. The first-order valence-electron chi connectivity index (χ1n) is 6.99. The standard InChI is InChI=1S/C18H13ClFNO2/c19-15-10-13(8-9-16(15)20)23-11-18(22)21-17-7-3-5-12-4-1-2-6-14(12)17/h1-10H,11H2,(H,21,22). The van der Waals surface area contributed by atoms with E-state index < -0.39 is 5.82 Å². The maximum Gasteiger partial charge on any atom is 0.262 e. The summed E-state index contributed by atoms with van der Waals surface area (Å²) in [5, 5.41) is 4.76. The Kier molecular flexibility index (Phi) is 4.44. The van der Waals surface area contributed by atoms with Gasteiger partial charge in [0.05, 0.1) is 5.02 Å². The van der Waals surface area contributed by atoms with Crippen molar-refractivity contribution in [2.24, 2.45) is 0 Å². The van der Waals surface area contributed by atoms with Crippen molar-refractivity contribution >= 4 is 34.0 Å². The molecule has 0 unspecified atom stereocenters. The lowest BCUT2D eigenvalue weighted by Crippen LogP contribution is -2.20. The summed E-state index contributed by atoms with van der Waals surface area (Å²) < 4.78 is 18.4. The highest BCUT2D eigenvalue weighted by Gasteiger charge is 2.08. The Morgan fingerprint density at radius 1 is 1.09 bits per heavy atom. The molecule has 3 aromatic rings. The molecule has 0 radical (unpaired) electrons. The van der Waals surface area contributed by atoms with Crippen LogP contribution in [-0.2, 0) is 4.79 Å². The molecule has 0 atom stereocenters. The third kappa shape index (κ3) is 3.60. The normalized spacial score (nSPS) is 10.5. The van der Waals surface area contributed by atoms with Gasteiger partial charge in [-0.2, -0.15) is 0 Å². The molecule has 1 N–H and O–H groups in total. The Hall–Kier alpha value is -2.59. The van der Waals surface area contributed by atoms with E-state index in [1.165, 1.54) is 18.2 Å². The number of carbonyl (C=O) groups is 1. The molecule has 23 heavy (non-hydrogen) atoms. The van der Waals surface area contributed by atoms with E-state index in [1.807, 2.05) is 42.5 Å². The summed E-state index contributed by atoms with van der Waals surface area (Å²) >= 11 is 5.67. The van der Waals surface area contributed by atoms with Crippen LogP contribution in [0, 0.1) is 5.82 Å². The lowest BCUT2D eigenvalue weighted by atomic mass is 10.1. The molecule has 3 rings (SSSR count). The lowest BCUT2D eigenvalue weighted by Gasteiger charge is -2.10. The number of hydrogen-bond acceptors (Lipinski definition) is 2. The van der Waals surface area contributed by atoms with Crippen LogP contribution in [0.15, 0.2) is 60.7 Å². The monoisotopic (exact) mass is 329 g/mol. The molecule has 0 aliphatic rings. The van der Waals surface area contributed by atoms with E-state index in [1.54, 1.807) is 0 Å². The molecule has 116 valence electrons. The summed E-state index contributed by atoms with van der Waals surface area (Å²) in [6, 6.07) is 17.4. The highest BCUT2D eigenvalue weighted by atomic mass is 35.5. The van der Waals surface area contributed by atoms with Crippen LogP contribution < -0.4 is 10.1 Å². The molecule has 5 heteroatoms. The first-order chi connectivity index (χ1) is 11.1. The summed E-state index contributed by atoms with van der Waals surface area (Å²) in [6.07, 6.45) is 0. The third-order valence-electron chi connectivity index (χ3n) is 3.32. The first kappa shape index (κ1) is 15.3. The molecule has 0 aliphatic carbocycles. The van der Waals surface area contributed by atoms with E-state index in [2.05, 4.69) is 5.32 Å². The van der Waals surface area contributed by atoms with Crippen molar-refractivity contribution in [3.05, 3.63) is 71.5 Å². The summed E-state index contributed by atoms with van der Waals surface area (Å²) in [6.45, 7) is -0.189. The van der Waals surface area contributed by atoms with Crippen molar-refractivity contribution in [3.63, 3.8) is 0 Å². The number of fused-ring (bicyclic) bond motifs is 1. The quantitative estimate of drug-likeness (QED) is 0.756. The van der Waals surface area contributed by atoms with Crippen LogP contribution >= 0.6 is 11.6 Å². The van der Waals surface area contributed by atoms with Gasteiger partial charge in [-0.25, -0.2) is 4.39 Å². The molecule has 0 saturated carbocycles. The Labute approximate surface area is 137 Å². The van der Waals surface area contributed by atoms with Gasteiger partial charge in [0.15, 0.2) is 6.61 Å². The Balaban J connectivity index is 1.68. The van der Waals surface area contributed by atoms with Gasteiger partial charge < -0.3 is 10.1 Å². The lowest BCUT2D eigenvalue weighted by molar-refractivity contribution is -0.118. The van der Waals surface area contributed by atoms with Crippen LogP contribution in [0.1, 0.15) is 0 Å². The maximum absolute atomic E-state index is 13.1. The van der Waals surface area contributed by atoms with Crippen molar-refractivity contribution in [3.8, 4) is 5.75 Å². The molecule has 3 aromatic carbocycles. The zero-order valence-corrected chi connectivity index (χ0v) is 12.8. The fourth-order valence-corrected chi connectivity index (χ4v) is 2.41. The third-order valence-corrected chi connectivity index (χ3v) is 3.61. The minimum Gasteiger partial charge on any atom is -0.484 e.